The second-order valence-corrected chi connectivity index (χ2v) is 9.00. The fraction of sp³-hybridized carbons (Fsp3) is 0.158. The first kappa shape index (κ1) is 22.5. The van der Waals surface area contributed by atoms with Gasteiger partial charge in [0.05, 0.1) is 17.5 Å². The second kappa shape index (κ2) is 8.17. The van der Waals surface area contributed by atoms with Crippen LogP contribution in [0.5, 0.6) is 0 Å². The van der Waals surface area contributed by atoms with E-state index in [1.807, 2.05) is 0 Å². The molecule has 31 heavy (non-hydrogen) atoms. The third kappa shape index (κ3) is 5.72. The van der Waals surface area contributed by atoms with Gasteiger partial charge in [-0.15, -0.1) is 0 Å². The van der Waals surface area contributed by atoms with Crippen LogP contribution in [0.3, 0.4) is 0 Å². The van der Waals surface area contributed by atoms with Gasteiger partial charge in [-0.2, -0.15) is 13.2 Å². The van der Waals surface area contributed by atoms with Crippen molar-refractivity contribution in [3.63, 3.8) is 0 Å². The number of aromatic nitrogens is 2. The molecule has 0 saturated carbocycles. The van der Waals surface area contributed by atoms with Crippen LogP contribution in [-0.4, -0.2) is 20.4 Å². The quantitative estimate of drug-likeness (QED) is 0.493. The second-order valence-electron chi connectivity index (χ2n) is 6.71. The number of alkyl halides is 3. The molecule has 0 aliphatic carbocycles. The minimum absolute atomic E-state index is 0.0215. The van der Waals surface area contributed by atoms with Crippen molar-refractivity contribution in [1.82, 2.24) is 9.97 Å². The highest BCUT2D eigenvalue weighted by Gasteiger charge is 2.31. The Hall–Kier alpha value is -3.15. The maximum atomic E-state index is 14.1. The smallest absolute Gasteiger partial charge is 0.324 e. The number of rotatable bonds is 5. The van der Waals surface area contributed by atoms with Crippen molar-refractivity contribution in [3.05, 3.63) is 71.2 Å². The zero-order valence-corrected chi connectivity index (χ0v) is 16.5. The molecule has 3 rings (SSSR count). The summed E-state index contributed by atoms with van der Waals surface area (Å²) >= 11 is 0. The van der Waals surface area contributed by atoms with Gasteiger partial charge in [-0.05, 0) is 35.9 Å². The highest BCUT2D eigenvalue weighted by molar-refractivity contribution is 7.90. The lowest BCUT2D eigenvalue weighted by Crippen LogP contribution is -2.09. The van der Waals surface area contributed by atoms with Crippen molar-refractivity contribution in [2.24, 2.45) is 0 Å². The SMILES string of the molecule is C[S@](=N)(=O)Cc1cc(Nc2ncc(F)c(-c3ccc(F)cc3F)n2)cc(C(F)(F)F)c1. The van der Waals surface area contributed by atoms with E-state index in [4.69, 9.17) is 4.78 Å². The third-order valence-corrected chi connectivity index (χ3v) is 4.83. The van der Waals surface area contributed by atoms with Gasteiger partial charge in [-0.3, -0.25) is 4.78 Å². The summed E-state index contributed by atoms with van der Waals surface area (Å²) in [5.74, 6) is -3.78. The number of halogens is 6. The van der Waals surface area contributed by atoms with Gasteiger partial charge in [0.1, 0.15) is 17.3 Å². The molecular formula is C19H14F6N4OS. The van der Waals surface area contributed by atoms with Crippen LogP contribution in [0, 0.1) is 22.2 Å². The van der Waals surface area contributed by atoms with Gasteiger partial charge in [-0.1, -0.05) is 0 Å². The first-order chi connectivity index (χ1) is 14.3. The Balaban J connectivity index is 2.03. The minimum Gasteiger partial charge on any atom is -0.324 e. The lowest BCUT2D eigenvalue weighted by molar-refractivity contribution is -0.137. The molecule has 0 saturated heterocycles. The van der Waals surface area contributed by atoms with Crippen molar-refractivity contribution >= 4 is 21.4 Å². The standard InChI is InChI=1S/C19H14F6N4OS/c1-31(26,30)9-10-4-11(19(23,24)25)6-13(5-10)28-18-27-8-16(22)17(29-18)14-3-2-12(20)7-15(14)21/h2-8,26H,9H2,1H3,(H,27,28,29)/t31-/m0/s1. The monoisotopic (exact) mass is 460 g/mol. The molecule has 2 N–H and O–H groups in total. The van der Waals surface area contributed by atoms with E-state index in [9.17, 15) is 30.6 Å². The lowest BCUT2D eigenvalue weighted by atomic mass is 10.1. The van der Waals surface area contributed by atoms with Crippen LogP contribution in [-0.2, 0) is 21.7 Å². The Labute approximate surface area is 173 Å². The summed E-state index contributed by atoms with van der Waals surface area (Å²) in [4.78, 5) is 7.42. The first-order valence-electron chi connectivity index (χ1n) is 8.49. The fourth-order valence-corrected chi connectivity index (χ4v) is 3.56. The summed E-state index contributed by atoms with van der Waals surface area (Å²) in [6, 6.07) is 5.12. The van der Waals surface area contributed by atoms with Crippen molar-refractivity contribution in [1.29, 1.82) is 4.78 Å². The normalized spacial score (nSPS) is 13.6. The van der Waals surface area contributed by atoms with Gasteiger partial charge in [0.25, 0.3) is 0 Å². The summed E-state index contributed by atoms with van der Waals surface area (Å²) in [6.45, 7) is 0. The van der Waals surface area contributed by atoms with E-state index >= 15 is 0 Å². The van der Waals surface area contributed by atoms with E-state index in [0.717, 1.165) is 30.5 Å². The molecular weight excluding hydrogens is 446 g/mol. The van der Waals surface area contributed by atoms with Crippen LogP contribution in [0.2, 0.25) is 0 Å². The highest BCUT2D eigenvalue weighted by Crippen LogP contribution is 2.33. The van der Waals surface area contributed by atoms with Crippen LogP contribution in [0.15, 0.2) is 42.6 Å². The Morgan fingerprint density at radius 3 is 2.39 bits per heavy atom. The largest absolute Gasteiger partial charge is 0.416 e. The molecule has 1 atom stereocenters. The number of hydrogen-bond donors (Lipinski definition) is 2. The lowest BCUT2D eigenvalue weighted by Gasteiger charge is -2.14. The molecule has 164 valence electrons. The zero-order valence-electron chi connectivity index (χ0n) is 15.7. The number of nitrogens with zero attached hydrogens (tertiary/aromatic N) is 2. The van der Waals surface area contributed by atoms with Gasteiger partial charge < -0.3 is 5.32 Å². The maximum Gasteiger partial charge on any atom is 0.416 e. The Morgan fingerprint density at radius 1 is 1.06 bits per heavy atom. The van der Waals surface area contributed by atoms with E-state index in [1.54, 1.807) is 0 Å². The van der Waals surface area contributed by atoms with Gasteiger partial charge >= 0.3 is 6.18 Å². The topological polar surface area (TPSA) is 78.7 Å². The molecule has 0 bridgehead atoms. The number of anilines is 2. The molecule has 2 aromatic carbocycles. The number of hydrogen-bond acceptors (Lipinski definition) is 5. The molecule has 0 aliphatic rings. The molecule has 0 radical (unpaired) electrons. The molecule has 12 heteroatoms. The summed E-state index contributed by atoms with van der Waals surface area (Å²) in [7, 11) is -3.13. The van der Waals surface area contributed by atoms with E-state index < -0.39 is 50.4 Å². The van der Waals surface area contributed by atoms with Gasteiger partial charge in [-0.25, -0.2) is 27.3 Å². The van der Waals surface area contributed by atoms with Crippen LogP contribution < -0.4 is 5.32 Å². The number of benzene rings is 2. The molecule has 1 heterocycles. The van der Waals surface area contributed by atoms with Gasteiger partial charge in [0, 0.05) is 33.3 Å². The average molecular weight is 460 g/mol. The van der Waals surface area contributed by atoms with Crippen molar-refractivity contribution in [2.75, 3.05) is 11.6 Å². The van der Waals surface area contributed by atoms with Crippen molar-refractivity contribution < 1.29 is 30.6 Å². The van der Waals surface area contributed by atoms with E-state index in [-0.39, 0.29) is 22.8 Å². The van der Waals surface area contributed by atoms with Crippen LogP contribution in [0.25, 0.3) is 11.3 Å². The van der Waals surface area contributed by atoms with Crippen LogP contribution in [0.1, 0.15) is 11.1 Å². The van der Waals surface area contributed by atoms with E-state index in [0.29, 0.717) is 12.3 Å². The summed E-state index contributed by atoms with van der Waals surface area (Å²) < 4.78 is 100. The third-order valence-electron chi connectivity index (χ3n) is 3.95. The molecule has 0 spiro atoms. The van der Waals surface area contributed by atoms with Gasteiger partial charge in [0.2, 0.25) is 5.95 Å². The van der Waals surface area contributed by atoms with Crippen LogP contribution in [0.4, 0.5) is 38.0 Å². The van der Waals surface area contributed by atoms with E-state index in [2.05, 4.69) is 15.3 Å². The van der Waals surface area contributed by atoms with Crippen molar-refractivity contribution in [2.45, 2.75) is 11.9 Å². The van der Waals surface area contributed by atoms with Gasteiger partial charge in [0.15, 0.2) is 5.82 Å². The Bertz CT molecular complexity index is 1240. The average Bonchev–Trinajstić information content (AvgIpc) is 2.61. The number of nitrogens with one attached hydrogen (secondary N) is 2. The highest BCUT2D eigenvalue weighted by atomic mass is 32.2. The molecule has 0 fully saturated rings. The fourth-order valence-electron chi connectivity index (χ4n) is 2.76. The van der Waals surface area contributed by atoms with E-state index in [1.165, 1.54) is 6.07 Å². The van der Waals surface area contributed by atoms with Crippen molar-refractivity contribution in [3.8, 4) is 11.3 Å². The molecule has 0 unspecified atom stereocenters. The summed E-state index contributed by atoms with van der Waals surface area (Å²) in [5.41, 5.74) is -2.14. The predicted octanol–water partition coefficient (Wildman–Crippen LogP) is 5.50. The Morgan fingerprint density at radius 2 is 1.77 bits per heavy atom. The first-order valence-corrected chi connectivity index (χ1v) is 10.6. The Kier molecular flexibility index (Phi) is 5.94. The minimum atomic E-state index is -4.73. The zero-order chi connectivity index (χ0) is 23.0. The molecule has 0 aliphatic heterocycles. The molecule has 5 nitrogen and oxygen atoms in total. The molecule has 3 aromatic rings. The summed E-state index contributed by atoms with van der Waals surface area (Å²) in [6.07, 6.45) is -2.95. The van der Waals surface area contributed by atoms with Crippen LogP contribution >= 0.6 is 0 Å². The molecule has 0 amide bonds. The predicted molar refractivity (Wildman–Crippen MR) is 103 cm³/mol. The maximum absolute atomic E-state index is 14.1. The molecule has 1 aromatic heterocycles. The summed E-state index contributed by atoms with van der Waals surface area (Å²) in [5, 5.41) is 2.47.